The van der Waals surface area contributed by atoms with Crippen LogP contribution in [0.1, 0.15) is 0 Å². The highest BCUT2D eigenvalue weighted by molar-refractivity contribution is 7.94. The Bertz CT molecular complexity index is 687. The van der Waals surface area contributed by atoms with Gasteiger partial charge in [-0.05, 0) is 24.4 Å². The maximum absolute atomic E-state index is 8.67. The Morgan fingerprint density at radius 2 is 1.59 bits per heavy atom. The first kappa shape index (κ1) is 18.0. The van der Waals surface area contributed by atoms with Gasteiger partial charge in [0.1, 0.15) is 0 Å². The van der Waals surface area contributed by atoms with Gasteiger partial charge in [-0.3, -0.25) is 10.2 Å². The average molecular weight is 335 g/mol. The second-order valence-electron chi connectivity index (χ2n) is 3.96. The van der Waals surface area contributed by atoms with E-state index < -0.39 is 0 Å². The third-order valence-electron chi connectivity index (χ3n) is 2.72. The van der Waals surface area contributed by atoms with Gasteiger partial charge in [0.15, 0.2) is 5.62 Å². The number of hydrazine groups is 1. The smallest absolute Gasteiger partial charge is 0.270 e. The summed E-state index contributed by atoms with van der Waals surface area (Å²) in [6, 6.07) is 16.8. The Kier molecular flexibility index (Phi) is 7.98. The van der Waals surface area contributed by atoms with E-state index in [0.29, 0.717) is 5.62 Å². The van der Waals surface area contributed by atoms with Crippen molar-refractivity contribution < 1.29 is 9.53 Å². The molecular weight excluding hydrogens is 318 g/mol. The molecule has 0 unspecified atom stereocenters. The topological polar surface area (TPSA) is 80.1 Å². The number of benzene rings is 2. The van der Waals surface area contributed by atoms with Gasteiger partial charge < -0.3 is 9.72 Å². The van der Waals surface area contributed by atoms with E-state index in [4.69, 9.17) is 10.6 Å². The second kappa shape index (κ2) is 9.78. The summed E-state index contributed by atoms with van der Waals surface area (Å²) in [4.78, 5) is 12.0. The Balaban J connectivity index is 0.000000229. The fraction of sp³-hybridized carbons (Fsp3) is 0.0667. The van der Waals surface area contributed by atoms with Gasteiger partial charge in [-0.2, -0.15) is 0 Å². The lowest BCUT2D eigenvalue weighted by molar-refractivity contribution is 0.394. The molecule has 3 rings (SSSR count). The normalized spacial score (nSPS) is 9.05. The van der Waals surface area contributed by atoms with E-state index in [1.807, 2.05) is 0 Å². The monoisotopic (exact) mass is 335 g/mol. The summed E-state index contributed by atoms with van der Waals surface area (Å²) in [5.41, 5.74) is 4.99. The van der Waals surface area contributed by atoms with Crippen molar-refractivity contribution in [3.05, 3.63) is 48.5 Å². The standard InChI is InChI=1S/C12H9N.C2H6N2OS.CH2OS/c1-3-7-11-9(5-1)10-6-2-4-8-12(10)13-11;1-5-2(6)4-3;2-1-3/h1-8,13H;3H2,1H3,(H,4,6);1H,(H,2,3). The number of hydrogen-bond donors (Lipinski definition) is 4. The molecule has 0 saturated carbocycles. The molecule has 4 N–H and O–H groups in total. The third-order valence-corrected chi connectivity index (χ3v) is 3.00. The number of methoxy groups -OCH3 is 1. The number of carbonyl (C=O) groups excluding carboxylic acids is 1. The van der Waals surface area contributed by atoms with E-state index >= 15 is 0 Å². The molecule has 1 heterocycles. The van der Waals surface area contributed by atoms with Crippen LogP contribution in [0, 0.1) is 0 Å². The molecule has 116 valence electrons. The number of hydrogen-bond acceptors (Lipinski definition) is 4. The van der Waals surface area contributed by atoms with Crippen molar-refractivity contribution in [2.45, 2.75) is 0 Å². The largest absolute Gasteiger partial charge is 0.473 e. The molecule has 0 atom stereocenters. The van der Waals surface area contributed by atoms with E-state index in [-0.39, 0.29) is 5.17 Å². The molecule has 7 heteroatoms. The van der Waals surface area contributed by atoms with Gasteiger partial charge in [0.2, 0.25) is 0 Å². The Hall–Kier alpha value is -2.09. The molecule has 0 aliphatic heterocycles. The number of aromatic amines is 1. The number of thiol groups is 1. The minimum Gasteiger partial charge on any atom is -0.473 e. The summed E-state index contributed by atoms with van der Waals surface area (Å²) in [7, 11) is 1.45. The zero-order chi connectivity index (χ0) is 16.4. The fourth-order valence-corrected chi connectivity index (χ4v) is 1.86. The first-order valence-electron chi connectivity index (χ1n) is 6.25. The Labute approximate surface area is 139 Å². The molecule has 0 saturated heterocycles. The van der Waals surface area contributed by atoms with Crippen molar-refractivity contribution in [3.63, 3.8) is 0 Å². The van der Waals surface area contributed by atoms with E-state index in [2.05, 4.69) is 88.5 Å². The van der Waals surface area contributed by atoms with Gasteiger partial charge in [0, 0.05) is 21.8 Å². The van der Waals surface area contributed by atoms with Crippen LogP contribution in [-0.2, 0) is 9.53 Å². The lowest BCUT2D eigenvalue weighted by Gasteiger charge is -1.94. The maximum atomic E-state index is 8.67. The number of ether oxygens (including phenoxy) is 1. The van der Waals surface area contributed by atoms with E-state index in [9.17, 15) is 0 Å². The minimum absolute atomic E-state index is 0.204. The molecule has 5 nitrogen and oxygen atoms in total. The van der Waals surface area contributed by atoms with Crippen LogP contribution in [0.4, 0.5) is 0 Å². The van der Waals surface area contributed by atoms with Crippen LogP contribution in [-0.4, -0.2) is 22.9 Å². The molecule has 0 aliphatic rings. The predicted octanol–water partition coefficient (Wildman–Crippen LogP) is 2.81. The summed E-state index contributed by atoms with van der Waals surface area (Å²) in [5.74, 6) is 4.77. The number of thiocarbonyl (C=S) groups is 1. The molecule has 1 aromatic heterocycles. The maximum Gasteiger partial charge on any atom is 0.270 e. The molecule has 0 fully saturated rings. The fourth-order valence-electron chi connectivity index (χ4n) is 1.86. The number of H-pyrrole nitrogens is 1. The number of para-hydroxylation sites is 2. The van der Waals surface area contributed by atoms with Gasteiger partial charge in [-0.15, -0.1) is 12.6 Å². The van der Waals surface area contributed by atoms with E-state index in [1.165, 1.54) is 28.9 Å². The molecule has 0 amide bonds. The highest BCUT2D eigenvalue weighted by Crippen LogP contribution is 2.24. The molecule has 0 aliphatic carbocycles. The summed E-state index contributed by atoms with van der Waals surface area (Å²) >= 11 is 7.51. The van der Waals surface area contributed by atoms with Crippen LogP contribution >= 0.6 is 24.8 Å². The highest BCUT2D eigenvalue weighted by Gasteiger charge is 2.00. The van der Waals surface area contributed by atoms with Gasteiger partial charge in [0.05, 0.1) is 7.11 Å². The summed E-state index contributed by atoms with van der Waals surface area (Å²) in [5, 5.41) is 2.81. The van der Waals surface area contributed by atoms with Crippen LogP contribution < -0.4 is 11.3 Å². The second-order valence-corrected chi connectivity index (χ2v) is 4.54. The lowest BCUT2D eigenvalue weighted by Crippen LogP contribution is -2.29. The van der Waals surface area contributed by atoms with Crippen molar-refractivity contribution >= 4 is 57.4 Å². The molecule has 22 heavy (non-hydrogen) atoms. The number of aromatic nitrogens is 1. The van der Waals surface area contributed by atoms with Crippen LogP contribution in [0.2, 0.25) is 0 Å². The zero-order valence-electron chi connectivity index (χ0n) is 11.9. The molecule has 0 spiro atoms. The number of nitrogens with two attached hydrogens (primary N) is 1. The highest BCUT2D eigenvalue weighted by atomic mass is 32.1. The molecular formula is C15H17N3O2S2. The van der Waals surface area contributed by atoms with Crippen molar-refractivity contribution in [1.82, 2.24) is 10.4 Å². The van der Waals surface area contributed by atoms with Crippen LogP contribution in [0.15, 0.2) is 48.5 Å². The van der Waals surface area contributed by atoms with Crippen LogP contribution in [0.5, 0.6) is 0 Å². The summed E-state index contributed by atoms with van der Waals surface area (Å²) in [6.45, 7) is 0. The number of fused-ring (bicyclic) bond motifs is 3. The van der Waals surface area contributed by atoms with Crippen LogP contribution in [0.25, 0.3) is 21.8 Å². The van der Waals surface area contributed by atoms with Gasteiger partial charge in [0.25, 0.3) is 5.17 Å². The number of nitrogens with one attached hydrogen (secondary N) is 2. The molecule has 0 radical (unpaired) electrons. The van der Waals surface area contributed by atoms with Crippen molar-refractivity contribution in [1.29, 1.82) is 0 Å². The Morgan fingerprint density at radius 3 is 1.91 bits per heavy atom. The minimum atomic E-state index is 0.204. The first-order valence-corrected chi connectivity index (χ1v) is 7.18. The lowest BCUT2D eigenvalue weighted by atomic mass is 10.2. The van der Waals surface area contributed by atoms with Gasteiger partial charge in [-0.1, -0.05) is 36.4 Å². The summed E-state index contributed by atoms with van der Waals surface area (Å²) < 4.78 is 4.39. The molecule has 3 aromatic rings. The Morgan fingerprint density at radius 1 is 1.18 bits per heavy atom. The van der Waals surface area contributed by atoms with Gasteiger partial charge in [-0.25, -0.2) is 5.84 Å². The SMILES string of the molecule is COC(=S)NN.O=CS.c1ccc2c(c1)[nH]c1ccccc12. The first-order chi connectivity index (χ1) is 10.7. The quantitative estimate of drug-likeness (QED) is 0.167. The van der Waals surface area contributed by atoms with E-state index in [1.54, 1.807) is 0 Å². The van der Waals surface area contributed by atoms with E-state index in [0.717, 1.165) is 0 Å². The zero-order valence-corrected chi connectivity index (χ0v) is 13.7. The summed E-state index contributed by atoms with van der Waals surface area (Å²) in [6.07, 6.45) is 0. The third kappa shape index (κ3) is 5.03. The average Bonchev–Trinajstić information content (AvgIpc) is 2.94. The number of carbonyl (C=O) groups is 1. The van der Waals surface area contributed by atoms with Gasteiger partial charge >= 0.3 is 0 Å². The number of rotatable bonds is 0. The van der Waals surface area contributed by atoms with Crippen molar-refractivity contribution in [2.75, 3.05) is 7.11 Å². The molecule has 0 bridgehead atoms. The van der Waals surface area contributed by atoms with Crippen molar-refractivity contribution in [3.8, 4) is 0 Å². The molecule has 2 aromatic carbocycles. The predicted molar refractivity (Wildman–Crippen MR) is 98.5 cm³/mol. The van der Waals surface area contributed by atoms with Crippen molar-refractivity contribution in [2.24, 2.45) is 5.84 Å². The van der Waals surface area contributed by atoms with Crippen LogP contribution in [0.3, 0.4) is 0 Å².